The van der Waals surface area contributed by atoms with Gasteiger partial charge < -0.3 is 4.90 Å². The molecule has 0 fully saturated rings. The van der Waals surface area contributed by atoms with E-state index in [-0.39, 0.29) is 0 Å². The zero-order chi connectivity index (χ0) is 12.3. The lowest BCUT2D eigenvalue weighted by molar-refractivity contribution is 0.932. The van der Waals surface area contributed by atoms with Gasteiger partial charge in [-0.2, -0.15) is 0 Å². The molecule has 0 aliphatic heterocycles. The van der Waals surface area contributed by atoms with Crippen LogP contribution in [0.15, 0.2) is 35.7 Å². The van der Waals surface area contributed by atoms with Crippen molar-refractivity contribution in [3.05, 3.63) is 51.2 Å². The first-order valence-corrected chi connectivity index (χ1v) is 7.08. The minimum Gasteiger partial charge on any atom is -0.369 e. The van der Waals surface area contributed by atoms with Crippen molar-refractivity contribution in [2.45, 2.75) is 12.4 Å². The maximum Gasteiger partial charge on any atom is 0.0519 e. The molecule has 1 aromatic heterocycles. The fraction of sp³-hybridized carbons (Fsp3) is 0.231. The van der Waals surface area contributed by atoms with Crippen molar-refractivity contribution in [1.82, 2.24) is 0 Å². The maximum atomic E-state index is 5.97. The zero-order valence-corrected chi connectivity index (χ0v) is 11.8. The second kappa shape index (κ2) is 5.76. The molecule has 0 saturated carbocycles. The average molecular weight is 286 g/mol. The van der Waals surface area contributed by atoms with Crippen molar-refractivity contribution in [1.29, 1.82) is 0 Å². The van der Waals surface area contributed by atoms with Crippen LogP contribution in [0.1, 0.15) is 10.4 Å². The minimum absolute atomic E-state index is 0.477. The van der Waals surface area contributed by atoms with Crippen molar-refractivity contribution < 1.29 is 0 Å². The molecular weight excluding hydrogens is 273 g/mol. The summed E-state index contributed by atoms with van der Waals surface area (Å²) in [5.41, 5.74) is 2.20. The van der Waals surface area contributed by atoms with E-state index in [1.165, 1.54) is 4.88 Å². The molecule has 1 aromatic carbocycles. The molecule has 0 aliphatic rings. The van der Waals surface area contributed by atoms with Crippen LogP contribution in [0.4, 0.5) is 5.69 Å². The summed E-state index contributed by atoms with van der Waals surface area (Å²) < 4.78 is 0. The van der Waals surface area contributed by atoms with Crippen molar-refractivity contribution >= 4 is 40.2 Å². The van der Waals surface area contributed by atoms with Gasteiger partial charge in [-0.3, -0.25) is 0 Å². The van der Waals surface area contributed by atoms with Crippen LogP contribution in [0.2, 0.25) is 5.02 Å². The third kappa shape index (κ3) is 3.15. The Bertz CT molecular complexity index is 482. The molecule has 0 aliphatic carbocycles. The maximum absolute atomic E-state index is 5.97. The van der Waals surface area contributed by atoms with Crippen LogP contribution in [-0.2, 0) is 12.4 Å². The van der Waals surface area contributed by atoms with Gasteiger partial charge in [0.15, 0.2) is 0 Å². The number of hydrogen-bond acceptors (Lipinski definition) is 2. The van der Waals surface area contributed by atoms with Crippen molar-refractivity contribution in [2.24, 2.45) is 0 Å². The molecule has 2 rings (SSSR count). The summed E-state index contributed by atoms with van der Waals surface area (Å²) in [5.74, 6) is 0.477. The monoisotopic (exact) mass is 285 g/mol. The summed E-state index contributed by atoms with van der Waals surface area (Å²) in [5, 5.41) is 2.82. The van der Waals surface area contributed by atoms with E-state index in [4.69, 9.17) is 23.2 Å². The number of rotatable bonds is 4. The van der Waals surface area contributed by atoms with Gasteiger partial charge in [-0.1, -0.05) is 17.7 Å². The molecule has 0 unspecified atom stereocenters. The smallest absolute Gasteiger partial charge is 0.0519 e. The summed E-state index contributed by atoms with van der Waals surface area (Å²) in [6.07, 6.45) is 0. The van der Waals surface area contributed by atoms with Gasteiger partial charge >= 0.3 is 0 Å². The Kier molecular flexibility index (Phi) is 4.32. The lowest BCUT2D eigenvalue weighted by Crippen LogP contribution is -2.17. The highest BCUT2D eigenvalue weighted by atomic mass is 35.5. The topological polar surface area (TPSA) is 3.24 Å². The van der Waals surface area contributed by atoms with Gasteiger partial charge in [0, 0.05) is 28.5 Å². The second-order valence-corrected chi connectivity index (χ2v) is 5.58. The number of halogens is 2. The molecule has 1 heterocycles. The number of benzene rings is 1. The highest BCUT2D eigenvalue weighted by Crippen LogP contribution is 2.26. The first-order chi connectivity index (χ1) is 8.20. The van der Waals surface area contributed by atoms with Gasteiger partial charge in [0.25, 0.3) is 0 Å². The third-order valence-electron chi connectivity index (χ3n) is 2.57. The van der Waals surface area contributed by atoms with E-state index in [1.807, 2.05) is 18.2 Å². The van der Waals surface area contributed by atoms with Crippen LogP contribution in [0.25, 0.3) is 0 Å². The molecule has 0 saturated heterocycles. The third-order valence-corrected chi connectivity index (χ3v) is 3.95. The van der Waals surface area contributed by atoms with Gasteiger partial charge in [-0.05, 0) is 35.2 Å². The number of nitrogens with zero attached hydrogens (tertiary/aromatic N) is 1. The molecule has 17 heavy (non-hydrogen) atoms. The molecule has 0 atom stereocenters. The van der Waals surface area contributed by atoms with Gasteiger partial charge in [0.05, 0.1) is 6.54 Å². The van der Waals surface area contributed by atoms with Crippen LogP contribution in [0, 0.1) is 0 Å². The van der Waals surface area contributed by atoms with E-state index in [9.17, 15) is 0 Å². The summed E-state index contributed by atoms with van der Waals surface area (Å²) in [7, 11) is 2.07. The Hall–Kier alpha value is -0.700. The predicted molar refractivity (Wildman–Crippen MR) is 77.4 cm³/mol. The number of hydrogen-bond donors (Lipinski definition) is 0. The van der Waals surface area contributed by atoms with Crippen molar-refractivity contribution in [3.8, 4) is 0 Å². The Morgan fingerprint density at radius 1 is 1.29 bits per heavy atom. The molecule has 90 valence electrons. The van der Waals surface area contributed by atoms with E-state index in [0.29, 0.717) is 5.88 Å². The van der Waals surface area contributed by atoms with Gasteiger partial charge in [0.1, 0.15) is 0 Å². The summed E-state index contributed by atoms with van der Waals surface area (Å²) >= 11 is 13.7. The van der Waals surface area contributed by atoms with Crippen LogP contribution in [0.5, 0.6) is 0 Å². The van der Waals surface area contributed by atoms with E-state index in [1.54, 1.807) is 11.3 Å². The molecule has 4 heteroatoms. The molecule has 0 N–H and O–H groups in total. The van der Waals surface area contributed by atoms with Crippen LogP contribution < -0.4 is 4.90 Å². The summed E-state index contributed by atoms with van der Waals surface area (Å²) in [6, 6.07) is 10.1. The fourth-order valence-corrected chi connectivity index (χ4v) is 2.92. The number of alkyl halides is 1. The summed E-state index contributed by atoms with van der Waals surface area (Å²) in [6.45, 7) is 0.892. The molecule has 0 bridgehead atoms. The summed E-state index contributed by atoms with van der Waals surface area (Å²) in [4.78, 5) is 3.53. The molecule has 0 amide bonds. The Morgan fingerprint density at radius 2 is 2.12 bits per heavy atom. The first kappa shape index (κ1) is 12.7. The van der Waals surface area contributed by atoms with Crippen molar-refractivity contribution in [2.75, 3.05) is 11.9 Å². The number of thiophene rings is 1. The molecular formula is C13H13Cl2NS. The lowest BCUT2D eigenvalue weighted by atomic mass is 10.2. The van der Waals surface area contributed by atoms with Crippen LogP contribution in [-0.4, -0.2) is 7.05 Å². The van der Waals surface area contributed by atoms with Crippen LogP contribution in [0.3, 0.4) is 0 Å². The fourth-order valence-electron chi connectivity index (χ4n) is 1.75. The number of anilines is 1. The largest absolute Gasteiger partial charge is 0.369 e. The van der Waals surface area contributed by atoms with E-state index in [2.05, 4.69) is 29.5 Å². The van der Waals surface area contributed by atoms with Crippen LogP contribution >= 0.6 is 34.5 Å². The van der Waals surface area contributed by atoms with Gasteiger partial charge in [-0.15, -0.1) is 22.9 Å². The highest BCUT2D eigenvalue weighted by Gasteiger charge is 2.08. The van der Waals surface area contributed by atoms with Crippen molar-refractivity contribution in [3.63, 3.8) is 0 Å². The average Bonchev–Trinajstić information content (AvgIpc) is 2.81. The zero-order valence-electron chi connectivity index (χ0n) is 9.49. The second-order valence-electron chi connectivity index (χ2n) is 3.84. The SMILES string of the molecule is CN(Cc1cccs1)c1ccc(Cl)cc1CCl. The molecule has 1 nitrogen and oxygen atoms in total. The molecule has 2 aromatic rings. The standard InChI is InChI=1S/C13H13Cl2NS/c1-16(9-12-3-2-6-17-12)13-5-4-11(15)7-10(13)8-14/h2-7H,8-9H2,1H3. The molecule has 0 spiro atoms. The molecule has 0 radical (unpaired) electrons. The predicted octanol–water partition coefficient (Wildman–Crippen LogP) is 4.78. The van der Waals surface area contributed by atoms with E-state index >= 15 is 0 Å². The Labute approximate surface area is 116 Å². The van der Waals surface area contributed by atoms with Gasteiger partial charge in [0.2, 0.25) is 0 Å². The quantitative estimate of drug-likeness (QED) is 0.731. The Balaban J connectivity index is 2.21. The first-order valence-electron chi connectivity index (χ1n) is 5.28. The van der Waals surface area contributed by atoms with E-state index in [0.717, 1.165) is 22.8 Å². The normalized spacial score (nSPS) is 10.5. The highest BCUT2D eigenvalue weighted by molar-refractivity contribution is 7.09. The Morgan fingerprint density at radius 3 is 2.76 bits per heavy atom. The lowest BCUT2D eigenvalue weighted by Gasteiger charge is -2.21. The van der Waals surface area contributed by atoms with Gasteiger partial charge in [-0.25, -0.2) is 0 Å². The van der Waals surface area contributed by atoms with E-state index < -0.39 is 0 Å². The minimum atomic E-state index is 0.477.